The van der Waals surface area contributed by atoms with Crippen LogP contribution in [0.3, 0.4) is 0 Å². The Kier molecular flexibility index (Phi) is 2.99. The third-order valence-electron chi connectivity index (χ3n) is 1.92. The van der Waals surface area contributed by atoms with Gasteiger partial charge in [0.1, 0.15) is 5.41 Å². The Labute approximate surface area is 86.3 Å². The van der Waals surface area contributed by atoms with E-state index in [-0.39, 0.29) is 5.82 Å². The summed E-state index contributed by atoms with van der Waals surface area (Å²) in [6.45, 7) is 2.64. The van der Waals surface area contributed by atoms with E-state index < -0.39 is 17.3 Å². The molecule has 15 heavy (non-hydrogen) atoms. The third kappa shape index (κ3) is 2.49. The van der Waals surface area contributed by atoms with Crippen LogP contribution in [0.15, 0.2) is 18.3 Å². The second-order valence-electron chi connectivity index (χ2n) is 3.49. The largest absolute Gasteiger partial charge is 0.480 e. The SMILES string of the molecule is CC(C)(C(=O)O)C(=O)Nc1cccnn1. The van der Waals surface area contributed by atoms with Crippen LogP contribution in [0.25, 0.3) is 0 Å². The zero-order chi connectivity index (χ0) is 11.5. The highest BCUT2D eigenvalue weighted by Gasteiger charge is 2.36. The number of amides is 1. The minimum absolute atomic E-state index is 0.233. The Hall–Kier alpha value is -1.98. The van der Waals surface area contributed by atoms with Gasteiger partial charge >= 0.3 is 5.97 Å². The monoisotopic (exact) mass is 209 g/mol. The number of aromatic nitrogens is 2. The Bertz CT molecular complexity index is 375. The second-order valence-corrected chi connectivity index (χ2v) is 3.49. The number of carboxylic acid groups (broad SMARTS) is 1. The van der Waals surface area contributed by atoms with Crippen LogP contribution in [0.2, 0.25) is 0 Å². The highest BCUT2D eigenvalue weighted by atomic mass is 16.4. The molecular formula is C9H11N3O3. The lowest BCUT2D eigenvalue weighted by molar-refractivity contribution is -0.151. The van der Waals surface area contributed by atoms with Crippen LogP contribution in [-0.2, 0) is 9.59 Å². The van der Waals surface area contributed by atoms with Crippen molar-refractivity contribution in [2.75, 3.05) is 5.32 Å². The molecule has 0 aromatic carbocycles. The number of rotatable bonds is 3. The number of hydrogen-bond acceptors (Lipinski definition) is 4. The molecule has 1 aromatic rings. The summed E-state index contributed by atoms with van der Waals surface area (Å²) < 4.78 is 0. The summed E-state index contributed by atoms with van der Waals surface area (Å²) in [4.78, 5) is 22.3. The van der Waals surface area contributed by atoms with Gasteiger partial charge in [-0.05, 0) is 26.0 Å². The average molecular weight is 209 g/mol. The Morgan fingerprint density at radius 2 is 2.13 bits per heavy atom. The summed E-state index contributed by atoms with van der Waals surface area (Å²) in [5, 5.41) is 18.3. The Morgan fingerprint density at radius 3 is 2.60 bits per heavy atom. The third-order valence-corrected chi connectivity index (χ3v) is 1.92. The minimum atomic E-state index is -1.49. The van der Waals surface area contributed by atoms with Gasteiger partial charge in [0.15, 0.2) is 5.82 Å². The van der Waals surface area contributed by atoms with E-state index in [2.05, 4.69) is 15.5 Å². The zero-order valence-corrected chi connectivity index (χ0v) is 8.39. The average Bonchev–Trinajstić information content (AvgIpc) is 2.18. The van der Waals surface area contributed by atoms with Crippen LogP contribution in [0, 0.1) is 5.41 Å². The maximum Gasteiger partial charge on any atom is 0.318 e. The molecule has 0 saturated carbocycles. The molecule has 0 bridgehead atoms. The maximum atomic E-state index is 11.5. The number of hydrogen-bond donors (Lipinski definition) is 2. The molecular weight excluding hydrogens is 198 g/mol. The maximum absolute atomic E-state index is 11.5. The van der Waals surface area contributed by atoms with Crippen molar-refractivity contribution in [3.05, 3.63) is 18.3 Å². The Morgan fingerprint density at radius 1 is 1.47 bits per heavy atom. The molecule has 1 rings (SSSR count). The molecule has 6 heteroatoms. The van der Waals surface area contributed by atoms with Crippen molar-refractivity contribution in [2.45, 2.75) is 13.8 Å². The number of nitrogens with zero attached hydrogens (tertiary/aromatic N) is 2. The first-order valence-electron chi connectivity index (χ1n) is 4.27. The fraction of sp³-hybridized carbons (Fsp3) is 0.333. The van der Waals surface area contributed by atoms with Gasteiger partial charge in [0.25, 0.3) is 0 Å². The quantitative estimate of drug-likeness (QED) is 0.708. The van der Waals surface area contributed by atoms with E-state index in [1.165, 1.54) is 26.1 Å². The Balaban J connectivity index is 2.77. The van der Waals surface area contributed by atoms with Gasteiger partial charge in [-0.25, -0.2) is 0 Å². The van der Waals surface area contributed by atoms with Crippen molar-refractivity contribution in [1.82, 2.24) is 10.2 Å². The molecule has 2 N–H and O–H groups in total. The predicted molar refractivity (Wildman–Crippen MR) is 52.1 cm³/mol. The molecule has 0 fully saturated rings. The van der Waals surface area contributed by atoms with Gasteiger partial charge in [-0.15, -0.1) is 5.10 Å². The number of carbonyl (C=O) groups is 2. The number of carboxylic acids is 1. The first-order chi connectivity index (χ1) is 6.94. The fourth-order valence-electron chi connectivity index (χ4n) is 0.738. The highest BCUT2D eigenvalue weighted by molar-refractivity contribution is 6.07. The summed E-state index contributed by atoms with van der Waals surface area (Å²) in [5.41, 5.74) is -1.49. The minimum Gasteiger partial charge on any atom is -0.480 e. The van der Waals surface area contributed by atoms with Crippen LogP contribution in [0.4, 0.5) is 5.82 Å². The van der Waals surface area contributed by atoms with Crippen LogP contribution in [-0.4, -0.2) is 27.2 Å². The number of anilines is 1. The van der Waals surface area contributed by atoms with Crippen LogP contribution >= 0.6 is 0 Å². The first-order valence-corrected chi connectivity index (χ1v) is 4.27. The smallest absolute Gasteiger partial charge is 0.318 e. The number of aliphatic carboxylic acids is 1. The van der Waals surface area contributed by atoms with Crippen LogP contribution in [0.5, 0.6) is 0 Å². The van der Waals surface area contributed by atoms with E-state index in [1.807, 2.05) is 0 Å². The predicted octanol–water partition coefficient (Wildman–Crippen LogP) is 0.526. The molecule has 0 atom stereocenters. The van der Waals surface area contributed by atoms with E-state index in [0.717, 1.165) is 0 Å². The summed E-state index contributed by atoms with van der Waals surface area (Å²) >= 11 is 0. The van der Waals surface area contributed by atoms with Crippen molar-refractivity contribution < 1.29 is 14.7 Å². The standard InChI is InChI=1S/C9H11N3O3/c1-9(2,8(14)15)7(13)11-6-4-3-5-10-12-6/h3-5H,1-2H3,(H,14,15)(H,11,12,13). The van der Waals surface area contributed by atoms with E-state index in [4.69, 9.17) is 5.11 Å². The van der Waals surface area contributed by atoms with Gasteiger partial charge < -0.3 is 10.4 Å². The molecule has 0 aliphatic carbocycles. The molecule has 0 aliphatic rings. The second kappa shape index (κ2) is 4.04. The van der Waals surface area contributed by atoms with Crippen molar-refractivity contribution in [2.24, 2.45) is 5.41 Å². The van der Waals surface area contributed by atoms with Gasteiger partial charge in [-0.2, -0.15) is 5.10 Å². The van der Waals surface area contributed by atoms with E-state index >= 15 is 0 Å². The fourth-order valence-corrected chi connectivity index (χ4v) is 0.738. The van der Waals surface area contributed by atoms with Gasteiger partial charge in [-0.3, -0.25) is 9.59 Å². The molecule has 0 spiro atoms. The van der Waals surface area contributed by atoms with E-state index in [0.29, 0.717) is 0 Å². The van der Waals surface area contributed by atoms with Gasteiger partial charge in [0, 0.05) is 6.20 Å². The summed E-state index contributed by atoms with van der Waals surface area (Å²) in [5.74, 6) is -1.59. The van der Waals surface area contributed by atoms with Crippen molar-refractivity contribution in [3.63, 3.8) is 0 Å². The molecule has 0 saturated heterocycles. The zero-order valence-electron chi connectivity index (χ0n) is 8.39. The topological polar surface area (TPSA) is 92.2 Å². The van der Waals surface area contributed by atoms with Crippen molar-refractivity contribution >= 4 is 17.7 Å². The highest BCUT2D eigenvalue weighted by Crippen LogP contribution is 2.17. The number of carbonyl (C=O) groups excluding carboxylic acids is 1. The van der Waals surface area contributed by atoms with Gasteiger partial charge in [0.2, 0.25) is 5.91 Å². The van der Waals surface area contributed by atoms with Crippen LogP contribution < -0.4 is 5.32 Å². The summed E-state index contributed by atoms with van der Waals surface area (Å²) in [6, 6.07) is 3.12. The molecule has 0 radical (unpaired) electrons. The van der Waals surface area contributed by atoms with Gasteiger partial charge in [-0.1, -0.05) is 0 Å². The molecule has 1 heterocycles. The lowest BCUT2D eigenvalue weighted by atomic mass is 9.93. The molecule has 6 nitrogen and oxygen atoms in total. The molecule has 0 aliphatic heterocycles. The normalized spacial score (nSPS) is 10.8. The van der Waals surface area contributed by atoms with Crippen LogP contribution in [0.1, 0.15) is 13.8 Å². The lowest BCUT2D eigenvalue weighted by Gasteiger charge is -2.17. The summed E-state index contributed by atoms with van der Waals surface area (Å²) in [6.07, 6.45) is 1.46. The molecule has 80 valence electrons. The summed E-state index contributed by atoms with van der Waals surface area (Å²) in [7, 11) is 0. The van der Waals surface area contributed by atoms with Crippen molar-refractivity contribution in [3.8, 4) is 0 Å². The lowest BCUT2D eigenvalue weighted by Crippen LogP contribution is -2.38. The molecule has 0 unspecified atom stereocenters. The first kappa shape index (κ1) is 11.1. The number of nitrogens with one attached hydrogen (secondary N) is 1. The molecule has 1 aromatic heterocycles. The van der Waals surface area contributed by atoms with E-state index in [9.17, 15) is 9.59 Å². The molecule has 1 amide bonds. The van der Waals surface area contributed by atoms with Gasteiger partial charge in [0.05, 0.1) is 0 Å². The van der Waals surface area contributed by atoms with Crippen molar-refractivity contribution in [1.29, 1.82) is 0 Å². The van der Waals surface area contributed by atoms with E-state index in [1.54, 1.807) is 6.07 Å².